The molecule has 4 heteroatoms. The van der Waals surface area contributed by atoms with Crippen molar-refractivity contribution in [2.75, 3.05) is 36.5 Å². The fraction of sp³-hybridized carbons (Fsp3) is 0.647. The summed E-state index contributed by atoms with van der Waals surface area (Å²) in [7, 11) is 0. The topological polar surface area (TPSA) is 33.7 Å². The Morgan fingerprint density at radius 1 is 1.19 bits per heavy atom. The van der Waals surface area contributed by atoms with Gasteiger partial charge in [-0.3, -0.25) is 0 Å². The van der Waals surface area contributed by atoms with E-state index in [1.807, 2.05) is 0 Å². The van der Waals surface area contributed by atoms with Crippen LogP contribution in [0.4, 0.5) is 11.4 Å². The van der Waals surface area contributed by atoms with Crippen LogP contribution in [0.15, 0.2) is 12.1 Å². The normalized spacial score (nSPS) is 20.2. The van der Waals surface area contributed by atoms with E-state index in [1.165, 1.54) is 24.2 Å². The molecule has 0 bridgehead atoms. The molecule has 1 aromatic rings. The highest BCUT2D eigenvalue weighted by atomic mass is 16.6. The second-order valence-electron chi connectivity index (χ2n) is 6.08. The Hall–Kier alpha value is -1.58. The molecule has 0 amide bonds. The van der Waals surface area contributed by atoms with Crippen molar-refractivity contribution in [1.82, 2.24) is 0 Å². The quantitative estimate of drug-likeness (QED) is 0.920. The Morgan fingerprint density at radius 2 is 1.86 bits per heavy atom. The number of anilines is 2. The maximum Gasteiger partial charge on any atom is 0.163 e. The largest absolute Gasteiger partial charge is 0.486 e. The summed E-state index contributed by atoms with van der Waals surface area (Å²) in [6.45, 7) is 10.2. The standard InChI is InChI=1S/C17H26N2O2/c1-4-13(5-2)11-19-12(3)10-18-14-8-16-17(9-15(14)19)21-7-6-20-16/h8-9,12-13,18H,4-7,10-11H2,1-3H3. The van der Waals surface area contributed by atoms with E-state index in [0.29, 0.717) is 19.3 Å². The molecule has 0 saturated carbocycles. The van der Waals surface area contributed by atoms with Crippen molar-refractivity contribution in [2.24, 2.45) is 5.92 Å². The van der Waals surface area contributed by atoms with Crippen LogP contribution in [0.5, 0.6) is 11.5 Å². The van der Waals surface area contributed by atoms with E-state index in [1.54, 1.807) is 0 Å². The molecule has 0 saturated heterocycles. The first-order chi connectivity index (χ1) is 10.2. The molecular weight excluding hydrogens is 264 g/mol. The van der Waals surface area contributed by atoms with Gasteiger partial charge >= 0.3 is 0 Å². The smallest absolute Gasteiger partial charge is 0.163 e. The summed E-state index contributed by atoms with van der Waals surface area (Å²) in [6.07, 6.45) is 2.46. The lowest BCUT2D eigenvalue weighted by Crippen LogP contribution is -2.44. The molecule has 2 heterocycles. The highest BCUT2D eigenvalue weighted by molar-refractivity contribution is 5.77. The van der Waals surface area contributed by atoms with Crippen molar-refractivity contribution >= 4 is 11.4 Å². The van der Waals surface area contributed by atoms with Crippen molar-refractivity contribution in [3.8, 4) is 11.5 Å². The van der Waals surface area contributed by atoms with E-state index in [-0.39, 0.29) is 0 Å². The zero-order valence-electron chi connectivity index (χ0n) is 13.3. The number of nitrogens with one attached hydrogen (secondary N) is 1. The fourth-order valence-corrected chi connectivity index (χ4v) is 3.17. The molecule has 0 radical (unpaired) electrons. The van der Waals surface area contributed by atoms with Crippen LogP contribution < -0.4 is 19.7 Å². The van der Waals surface area contributed by atoms with Crippen LogP contribution >= 0.6 is 0 Å². The molecule has 0 spiro atoms. The molecule has 2 aliphatic rings. The summed E-state index contributed by atoms with van der Waals surface area (Å²) >= 11 is 0. The van der Waals surface area contributed by atoms with Gasteiger partial charge in [-0.15, -0.1) is 0 Å². The average molecular weight is 290 g/mol. The summed E-state index contributed by atoms with van der Waals surface area (Å²) in [4.78, 5) is 2.53. The SMILES string of the molecule is CCC(CC)CN1c2cc3c(cc2NCC1C)OCCO3. The molecule has 4 nitrogen and oxygen atoms in total. The van der Waals surface area contributed by atoms with Crippen LogP contribution in [0.25, 0.3) is 0 Å². The molecule has 3 rings (SSSR count). The first-order valence-corrected chi connectivity index (χ1v) is 8.17. The minimum absolute atomic E-state index is 0.501. The predicted molar refractivity (Wildman–Crippen MR) is 86.8 cm³/mol. The van der Waals surface area contributed by atoms with Crippen molar-refractivity contribution in [3.63, 3.8) is 0 Å². The van der Waals surface area contributed by atoms with Crippen molar-refractivity contribution < 1.29 is 9.47 Å². The van der Waals surface area contributed by atoms with Gasteiger partial charge in [-0.25, -0.2) is 0 Å². The first-order valence-electron chi connectivity index (χ1n) is 8.17. The minimum Gasteiger partial charge on any atom is -0.486 e. The van der Waals surface area contributed by atoms with Gasteiger partial charge in [-0.05, 0) is 12.8 Å². The zero-order chi connectivity index (χ0) is 14.8. The zero-order valence-corrected chi connectivity index (χ0v) is 13.3. The third-order valence-electron chi connectivity index (χ3n) is 4.70. The lowest BCUT2D eigenvalue weighted by atomic mass is 10.00. The average Bonchev–Trinajstić information content (AvgIpc) is 2.52. The Kier molecular flexibility index (Phi) is 4.13. The van der Waals surface area contributed by atoms with Gasteiger partial charge in [0.2, 0.25) is 0 Å². The number of hydrogen-bond acceptors (Lipinski definition) is 4. The Morgan fingerprint density at radius 3 is 2.52 bits per heavy atom. The van der Waals surface area contributed by atoms with Crippen molar-refractivity contribution in [2.45, 2.75) is 39.7 Å². The Labute approximate surface area is 127 Å². The van der Waals surface area contributed by atoms with Gasteiger partial charge in [0, 0.05) is 31.3 Å². The van der Waals surface area contributed by atoms with Gasteiger partial charge in [0.15, 0.2) is 11.5 Å². The molecular formula is C17H26N2O2. The summed E-state index contributed by atoms with van der Waals surface area (Å²) in [6, 6.07) is 4.74. The molecule has 0 fully saturated rings. The van der Waals surface area contributed by atoms with Gasteiger partial charge in [0.1, 0.15) is 13.2 Å². The highest BCUT2D eigenvalue weighted by Crippen LogP contribution is 2.42. The van der Waals surface area contributed by atoms with E-state index in [4.69, 9.17) is 9.47 Å². The third-order valence-corrected chi connectivity index (χ3v) is 4.70. The van der Waals surface area contributed by atoms with E-state index in [9.17, 15) is 0 Å². The summed E-state index contributed by atoms with van der Waals surface area (Å²) in [5.41, 5.74) is 2.42. The van der Waals surface area contributed by atoms with E-state index >= 15 is 0 Å². The highest BCUT2D eigenvalue weighted by Gasteiger charge is 2.27. The molecule has 1 aromatic carbocycles. The molecule has 0 aliphatic carbocycles. The molecule has 21 heavy (non-hydrogen) atoms. The molecule has 1 unspecified atom stereocenters. The Bertz CT molecular complexity index is 500. The third kappa shape index (κ3) is 2.76. The maximum atomic E-state index is 5.75. The minimum atomic E-state index is 0.501. The van der Waals surface area contributed by atoms with Crippen LogP contribution in [-0.2, 0) is 0 Å². The second-order valence-corrected chi connectivity index (χ2v) is 6.08. The van der Waals surface area contributed by atoms with Gasteiger partial charge in [0.25, 0.3) is 0 Å². The summed E-state index contributed by atoms with van der Waals surface area (Å²) < 4.78 is 11.4. The Balaban J connectivity index is 1.92. The number of fused-ring (bicyclic) bond motifs is 2. The molecule has 0 aromatic heterocycles. The lowest BCUT2D eigenvalue weighted by Gasteiger charge is -2.40. The number of rotatable bonds is 4. The van der Waals surface area contributed by atoms with Crippen LogP contribution in [0.3, 0.4) is 0 Å². The van der Waals surface area contributed by atoms with E-state index < -0.39 is 0 Å². The van der Waals surface area contributed by atoms with Gasteiger partial charge in [-0.1, -0.05) is 26.7 Å². The van der Waals surface area contributed by atoms with Crippen molar-refractivity contribution in [3.05, 3.63) is 12.1 Å². The lowest BCUT2D eigenvalue weighted by molar-refractivity contribution is 0.171. The van der Waals surface area contributed by atoms with Gasteiger partial charge < -0.3 is 19.7 Å². The second kappa shape index (κ2) is 6.04. The first kappa shape index (κ1) is 14.4. The van der Waals surface area contributed by atoms with Gasteiger partial charge in [0.05, 0.1) is 11.4 Å². The summed E-state index contributed by atoms with van der Waals surface area (Å²) in [5.74, 6) is 2.49. The van der Waals surface area contributed by atoms with Crippen molar-refractivity contribution in [1.29, 1.82) is 0 Å². The van der Waals surface area contributed by atoms with E-state index in [0.717, 1.165) is 30.5 Å². The van der Waals surface area contributed by atoms with Crippen LogP contribution in [-0.4, -0.2) is 32.3 Å². The van der Waals surface area contributed by atoms with Crippen LogP contribution in [0.2, 0.25) is 0 Å². The molecule has 1 N–H and O–H groups in total. The number of ether oxygens (including phenoxy) is 2. The van der Waals surface area contributed by atoms with Gasteiger partial charge in [-0.2, -0.15) is 0 Å². The molecule has 2 aliphatic heterocycles. The van der Waals surface area contributed by atoms with Crippen LogP contribution in [0.1, 0.15) is 33.6 Å². The van der Waals surface area contributed by atoms with Crippen LogP contribution in [0, 0.1) is 5.92 Å². The number of nitrogens with zero attached hydrogens (tertiary/aromatic N) is 1. The monoisotopic (exact) mass is 290 g/mol. The predicted octanol–water partition coefficient (Wildman–Crippen LogP) is 3.51. The molecule has 1 atom stereocenters. The number of benzene rings is 1. The molecule has 116 valence electrons. The summed E-state index contributed by atoms with van der Waals surface area (Å²) in [5, 5.41) is 3.52. The number of hydrogen-bond donors (Lipinski definition) is 1. The fourth-order valence-electron chi connectivity index (χ4n) is 3.17. The maximum absolute atomic E-state index is 5.75. The van der Waals surface area contributed by atoms with E-state index in [2.05, 4.69) is 43.1 Å².